The van der Waals surface area contributed by atoms with E-state index in [2.05, 4.69) is 9.71 Å². The van der Waals surface area contributed by atoms with E-state index in [1.165, 1.54) is 4.31 Å². The van der Waals surface area contributed by atoms with Crippen LogP contribution < -0.4 is 4.72 Å². The quantitative estimate of drug-likeness (QED) is 0.913. The first-order valence-corrected chi connectivity index (χ1v) is 8.31. The van der Waals surface area contributed by atoms with Crippen LogP contribution in [0, 0.1) is 0 Å². The third-order valence-electron chi connectivity index (χ3n) is 3.51. The maximum atomic E-state index is 12.0. The highest BCUT2D eigenvalue weighted by Gasteiger charge is 2.24. The second kappa shape index (κ2) is 5.97. The zero-order valence-corrected chi connectivity index (χ0v) is 12.3. The van der Waals surface area contributed by atoms with Gasteiger partial charge in [-0.1, -0.05) is 6.07 Å². The zero-order chi connectivity index (χ0) is 14.7. The van der Waals surface area contributed by atoms with Gasteiger partial charge in [0, 0.05) is 31.4 Å². The first-order valence-electron chi connectivity index (χ1n) is 6.87. The molecule has 3 heterocycles. The Kier molecular flexibility index (Phi) is 4.05. The van der Waals surface area contributed by atoms with E-state index in [1.807, 2.05) is 18.2 Å². The van der Waals surface area contributed by atoms with Gasteiger partial charge in [-0.25, -0.2) is 0 Å². The van der Waals surface area contributed by atoms with E-state index in [0.717, 1.165) is 29.7 Å². The van der Waals surface area contributed by atoms with Gasteiger partial charge in [0.05, 0.1) is 18.2 Å². The lowest BCUT2D eigenvalue weighted by Gasteiger charge is -2.15. The zero-order valence-electron chi connectivity index (χ0n) is 11.5. The summed E-state index contributed by atoms with van der Waals surface area (Å²) in [6.45, 7) is 1.46. The maximum Gasteiger partial charge on any atom is 0.279 e. The van der Waals surface area contributed by atoms with Crippen LogP contribution in [-0.4, -0.2) is 30.8 Å². The molecule has 1 N–H and O–H groups in total. The van der Waals surface area contributed by atoms with Gasteiger partial charge in [0.15, 0.2) is 0 Å². The molecule has 0 atom stereocenters. The second-order valence-corrected chi connectivity index (χ2v) is 6.75. The molecule has 0 aliphatic carbocycles. The highest BCUT2D eigenvalue weighted by molar-refractivity contribution is 7.87. The standard InChI is InChI=1S/C14H17N3O3S/c18-21(19,17-6-1-2-7-17)16-10-12-3-4-14(15-9-12)13-5-8-20-11-13/h3-5,8-9,11,16H,1-2,6-7,10H2. The van der Waals surface area contributed by atoms with Gasteiger partial charge in [0.1, 0.15) is 0 Å². The van der Waals surface area contributed by atoms with Gasteiger partial charge >= 0.3 is 0 Å². The van der Waals surface area contributed by atoms with E-state index in [-0.39, 0.29) is 6.54 Å². The number of rotatable bonds is 5. The summed E-state index contributed by atoms with van der Waals surface area (Å²) in [5.41, 5.74) is 2.53. The summed E-state index contributed by atoms with van der Waals surface area (Å²) < 4.78 is 33.2. The highest BCUT2D eigenvalue weighted by Crippen LogP contribution is 2.17. The van der Waals surface area contributed by atoms with Gasteiger partial charge in [-0.3, -0.25) is 4.98 Å². The average Bonchev–Trinajstić information content (AvgIpc) is 3.19. The van der Waals surface area contributed by atoms with Crippen LogP contribution >= 0.6 is 0 Å². The summed E-state index contributed by atoms with van der Waals surface area (Å²) in [4.78, 5) is 4.31. The molecular formula is C14H17N3O3S. The Hall–Kier alpha value is -1.70. The number of nitrogens with one attached hydrogen (secondary N) is 1. The molecule has 1 fully saturated rings. The van der Waals surface area contributed by atoms with E-state index in [9.17, 15) is 8.42 Å². The number of aromatic nitrogens is 1. The van der Waals surface area contributed by atoms with E-state index in [0.29, 0.717) is 13.1 Å². The largest absolute Gasteiger partial charge is 0.472 e. The Bertz CT molecular complexity index is 675. The van der Waals surface area contributed by atoms with Crippen LogP contribution in [0.1, 0.15) is 18.4 Å². The minimum atomic E-state index is -3.37. The van der Waals surface area contributed by atoms with Crippen molar-refractivity contribution in [2.45, 2.75) is 19.4 Å². The molecule has 0 radical (unpaired) electrons. The van der Waals surface area contributed by atoms with Crippen molar-refractivity contribution in [3.63, 3.8) is 0 Å². The van der Waals surface area contributed by atoms with Crippen molar-refractivity contribution in [3.05, 3.63) is 42.5 Å². The molecule has 7 heteroatoms. The Labute approximate surface area is 124 Å². The lowest BCUT2D eigenvalue weighted by atomic mass is 10.2. The molecule has 0 saturated carbocycles. The molecule has 0 bridgehead atoms. The fraction of sp³-hybridized carbons (Fsp3) is 0.357. The molecule has 21 heavy (non-hydrogen) atoms. The summed E-state index contributed by atoms with van der Waals surface area (Å²) in [7, 11) is -3.37. The number of pyridine rings is 1. The summed E-state index contributed by atoms with van der Waals surface area (Å²) in [6.07, 6.45) is 6.76. The van der Waals surface area contributed by atoms with Gasteiger partial charge in [-0.05, 0) is 30.5 Å². The fourth-order valence-electron chi connectivity index (χ4n) is 2.30. The molecular weight excluding hydrogens is 290 g/mol. The lowest BCUT2D eigenvalue weighted by Crippen LogP contribution is -2.38. The van der Waals surface area contributed by atoms with Crippen LogP contribution in [0.3, 0.4) is 0 Å². The molecule has 112 valence electrons. The summed E-state index contributed by atoms with van der Waals surface area (Å²) >= 11 is 0. The molecule has 0 aromatic carbocycles. The molecule has 0 amide bonds. The van der Waals surface area contributed by atoms with Gasteiger partial charge in [0.25, 0.3) is 10.2 Å². The second-order valence-electron chi connectivity index (χ2n) is 5.00. The molecule has 6 nitrogen and oxygen atoms in total. The van der Waals surface area contributed by atoms with E-state index in [4.69, 9.17) is 4.42 Å². The molecule has 1 aliphatic heterocycles. The predicted octanol–water partition coefficient (Wildman–Crippen LogP) is 1.77. The predicted molar refractivity (Wildman–Crippen MR) is 78.5 cm³/mol. The smallest absolute Gasteiger partial charge is 0.279 e. The molecule has 0 unspecified atom stereocenters. The number of hydrogen-bond acceptors (Lipinski definition) is 4. The fourth-order valence-corrected chi connectivity index (χ4v) is 3.57. The van der Waals surface area contributed by atoms with Crippen molar-refractivity contribution in [2.24, 2.45) is 0 Å². The first kappa shape index (κ1) is 14.2. The van der Waals surface area contributed by atoms with Gasteiger partial charge in [-0.2, -0.15) is 17.4 Å². The average molecular weight is 307 g/mol. The number of nitrogens with zero attached hydrogens (tertiary/aromatic N) is 2. The van der Waals surface area contributed by atoms with Crippen LogP contribution in [-0.2, 0) is 16.8 Å². The van der Waals surface area contributed by atoms with Crippen molar-refractivity contribution >= 4 is 10.2 Å². The Balaban J connectivity index is 1.63. The minimum absolute atomic E-state index is 0.248. The normalized spacial score (nSPS) is 16.4. The van der Waals surface area contributed by atoms with Crippen LogP contribution in [0.4, 0.5) is 0 Å². The van der Waals surface area contributed by atoms with Crippen LogP contribution in [0.2, 0.25) is 0 Å². The van der Waals surface area contributed by atoms with Crippen LogP contribution in [0.25, 0.3) is 11.3 Å². The van der Waals surface area contributed by atoms with E-state index in [1.54, 1.807) is 18.7 Å². The molecule has 2 aromatic heterocycles. The number of furan rings is 1. The van der Waals surface area contributed by atoms with Gasteiger partial charge in [-0.15, -0.1) is 0 Å². The van der Waals surface area contributed by atoms with Crippen LogP contribution in [0.5, 0.6) is 0 Å². The number of hydrogen-bond donors (Lipinski definition) is 1. The van der Waals surface area contributed by atoms with Crippen molar-refractivity contribution in [3.8, 4) is 11.3 Å². The lowest BCUT2D eigenvalue weighted by molar-refractivity contribution is 0.464. The maximum absolute atomic E-state index is 12.0. The topological polar surface area (TPSA) is 75.4 Å². The van der Waals surface area contributed by atoms with E-state index < -0.39 is 10.2 Å². The van der Waals surface area contributed by atoms with Crippen molar-refractivity contribution in [1.82, 2.24) is 14.0 Å². The molecule has 2 aromatic rings. The van der Waals surface area contributed by atoms with E-state index >= 15 is 0 Å². The molecule has 3 rings (SSSR count). The molecule has 1 saturated heterocycles. The van der Waals surface area contributed by atoms with Crippen molar-refractivity contribution in [1.29, 1.82) is 0 Å². The summed E-state index contributed by atoms with van der Waals surface area (Å²) in [5, 5.41) is 0. The van der Waals surface area contributed by atoms with Crippen LogP contribution in [0.15, 0.2) is 41.3 Å². The third-order valence-corrected chi connectivity index (χ3v) is 5.06. The van der Waals surface area contributed by atoms with Crippen molar-refractivity contribution in [2.75, 3.05) is 13.1 Å². The highest BCUT2D eigenvalue weighted by atomic mass is 32.2. The summed E-state index contributed by atoms with van der Waals surface area (Å²) in [6, 6.07) is 5.55. The SMILES string of the molecule is O=S(=O)(NCc1ccc(-c2ccoc2)nc1)N1CCCC1. The third kappa shape index (κ3) is 3.31. The monoisotopic (exact) mass is 307 g/mol. The minimum Gasteiger partial charge on any atom is -0.472 e. The Morgan fingerprint density at radius 3 is 2.67 bits per heavy atom. The Morgan fingerprint density at radius 2 is 2.05 bits per heavy atom. The van der Waals surface area contributed by atoms with Gasteiger partial charge in [0.2, 0.25) is 0 Å². The van der Waals surface area contributed by atoms with Gasteiger partial charge < -0.3 is 4.42 Å². The summed E-state index contributed by atoms with van der Waals surface area (Å²) in [5.74, 6) is 0. The molecule has 0 spiro atoms. The molecule has 1 aliphatic rings. The first-order chi connectivity index (χ1) is 10.1. The Morgan fingerprint density at radius 1 is 1.24 bits per heavy atom. The van der Waals surface area contributed by atoms with Crippen molar-refractivity contribution < 1.29 is 12.8 Å².